The Morgan fingerprint density at radius 1 is 0.882 bits per heavy atom. The molecule has 34 heavy (non-hydrogen) atoms. The topological polar surface area (TPSA) is 102 Å². The summed E-state index contributed by atoms with van der Waals surface area (Å²) in [5.41, 5.74) is 10.3. The number of anilines is 1. The van der Waals surface area contributed by atoms with Gasteiger partial charge in [0.15, 0.2) is 0 Å². The van der Waals surface area contributed by atoms with E-state index in [-0.39, 0.29) is 17.8 Å². The molecule has 1 saturated heterocycles. The number of nitrogens with two attached hydrogens (primary N) is 1. The van der Waals surface area contributed by atoms with Crippen molar-refractivity contribution in [2.75, 3.05) is 39.0 Å². The first-order valence-corrected chi connectivity index (χ1v) is 11.3. The highest BCUT2D eigenvalue weighted by Crippen LogP contribution is 2.18. The van der Waals surface area contributed by atoms with Crippen LogP contribution in [-0.2, 0) is 17.6 Å². The van der Waals surface area contributed by atoms with Gasteiger partial charge >= 0.3 is 0 Å². The SMILES string of the molecule is COc1cccc(Cc2cc(Cc3cccc(C(=O)N4CCN(C(C)=O)CC4)c3)nc(N)n2)c1. The number of rotatable bonds is 6. The van der Waals surface area contributed by atoms with Gasteiger partial charge in [-0.05, 0) is 41.5 Å². The van der Waals surface area contributed by atoms with E-state index in [0.717, 1.165) is 28.3 Å². The second kappa shape index (κ2) is 10.3. The fraction of sp³-hybridized carbons (Fsp3) is 0.308. The Hall–Kier alpha value is -3.94. The molecule has 3 aromatic rings. The third kappa shape index (κ3) is 5.70. The van der Waals surface area contributed by atoms with Crippen molar-refractivity contribution in [1.82, 2.24) is 19.8 Å². The Bertz CT molecular complexity index is 1190. The molecule has 0 spiro atoms. The smallest absolute Gasteiger partial charge is 0.253 e. The van der Waals surface area contributed by atoms with E-state index < -0.39 is 0 Å². The van der Waals surface area contributed by atoms with Crippen molar-refractivity contribution in [3.05, 3.63) is 82.7 Å². The van der Waals surface area contributed by atoms with Crippen molar-refractivity contribution in [2.45, 2.75) is 19.8 Å². The molecule has 0 bridgehead atoms. The van der Waals surface area contributed by atoms with Crippen molar-refractivity contribution in [1.29, 1.82) is 0 Å². The van der Waals surface area contributed by atoms with Gasteiger partial charge in [0, 0.05) is 51.5 Å². The Balaban J connectivity index is 1.46. The number of nitrogens with zero attached hydrogens (tertiary/aromatic N) is 4. The molecule has 0 unspecified atom stereocenters. The van der Waals surface area contributed by atoms with Crippen molar-refractivity contribution in [3.8, 4) is 5.75 Å². The monoisotopic (exact) mass is 459 g/mol. The maximum Gasteiger partial charge on any atom is 0.253 e. The number of nitrogen functional groups attached to an aromatic ring is 1. The number of aromatic nitrogens is 2. The first-order chi connectivity index (χ1) is 16.4. The standard InChI is InChI=1S/C26H29N5O3/c1-18(32)30-9-11-31(12-10-30)25(33)21-7-3-5-19(13-21)14-22-17-23(29-26(27)28-22)15-20-6-4-8-24(16-20)34-2/h3-8,13,16-17H,9-12,14-15H2,1-2H3,(H2,27,28,29). The van der Waals surface area contributed by atoms with Crippen molar-refractivity contribution in [2.24, 2.45) is 0 Å². The van der Waals surface area contributed by atoms with Crippen LogP contribution in [0.5, 0.6) is 5.75 Å². The molecule has 176 valence electrons. The quantitative estimate of drug-likeness (QED) is 0.608. The third-order valence-electron chi connectivity index (χ3n) is 5.94. The van der Waals surface area contributed by atoms with Crippen LogP contribution >= 0.6 is 0 Å². The van der Waals surface area contributed by atoms with Crippen LogP contribution in [-0.4, -0.2) is 64.9 Å². The molecule has 1 aromatic heterocycles. The van der Waals surface area contributed by atoms with E-state index in [1.165, 1.54) is 0 Å². The molecule has 0 aliphatic carbocycles. The minimum atomic E-state index is -0.0223. The van der Waals surface area contributed by atoms with Crippen LogP contribution in [0.3, 0.4) is 0 Å². The van der Waals surface area contributed by atoms with E-state index in [4.69, 9.17) is 10.5 Å². The molecule has 8 heteroatoms. The third-order valence-corrected chi connectivity index (χ3v) is 5.94. The Morgan fingerprint density at radius 2 is 1.47 bits per heavy atom. The number of amides is 2. The zero-order chi connectivity index (χ0) is 24.1. The molecule has 2 heterocycles. The first-order valence-electron chi connectivity index (χ1n) is 11.3. The number of hydrogen-bond acceptors (Lipinski definition) is 6. The Kier molecular flexibility index (Phi) is 7.06. The van der Waals surface area contributed by atoms with Crippen molar-refractivity contribution in [3.63, 3.8) is 0 Å². The highest BCUT2D eigenvalue weighted by Gasteiger charge is 2.23. The van der Waals surface area contributed by atoms with E-state index in [9.17, 15) is 9.59 Å². The zero-order valence-corrected chi connectivity index (χ0v) is 19.5. The van der Waals surface area contributed by atoms with Gasteiger partial charge < -0.3 is 20.3 Å². The molecule has 2 N–H and O–H groups in total. The maximum atomic E-state index is 13.0. The summed E-state index contributed by atoms with van der Waals surface area (Å²) >= 11 is 0. The van der Waals surface area contributed by atoms with E-state index in [1.54, 1.807) is 23.8 Å². The average molecular weight is 460 g/mol. The highest BCUT2D eigenvalue weighted by molar-refractivity contribution is 5.94. The number of piperazine rings is 1. The van der Waals surface area contributed by atoms with Gasteiger partial charge in [-0.1, -0.05) is 24.3 Å². The van der Waals surface area contributed by atoms with E-state index >= 15 is 0 Å². The molecule has 8 nitrogen and oxygen atoms in total. The van der Waals surface area contributed by atoms with E-state index in [0.29, 0.717) is 44.6 Å². The van der Waals surface area contributed by atoms with Gasteiger partial charge in [0.1, 0.15) is 5.75 Å². The van der Waals surface area contributed by atoms with Gasteiger partial charge in [0.2, 0.25) is 11.9 Å². The molecule has 0 saturated carbocycles. The van der Waals surface area contributed by atoms with Gasteiger partial charge in [-0.15, -0.1) is 0 Å². The normalized spacial score (nSPS) is 13.6. The molecule has 1 aliphatic heterocycles. The summed E-state index contributed by atoms with van der Waals surface area (Å²) in [4.78, 5) is 36.9. The Morgan fingerprint density at radius 3 is 2.09 bits per heavy atom. The minimum absolute atomic E-state index is 0.0223. The maximum absolute atomic E-state index is 13.0. The van der Waals surface area contributed by atoms with Gasteiger partial charge in [-0.3, -0.25) is 9.59 Å². The fourth-order valence-electron chi connectivity index (χ4n) is 4.18. The van der Waals surface area contributed by atoms with Gasteiger partial charge in [-0.25, -0.2) is 9.97 Å². The summed E-state index contributed by atoms with van der Waals surface area (Å²) in [6.07, 6.45) is 1.15. The highest BCUT2D eigenvalue weighted by atomic mass is 16.5. The predicted octanol–water partition coefficient (Wildman–Crippen LogP) is 2.55. The van der Waals surface area contributed by atoms with E-state index in [1.807, 2.05) is 54.6 Å². The average Bonchev–Trinajstić information content (AvgIpc) is 2.83. The Labute approximate surface area is 199 Å². The van der Waals surface area contributed by atoms with E-state index in [2.05, 4.69) is 9.97 Å². The van der Waals surface area contributed by atoms with Crippen LogP contribution in [0.4, 0.5) is 5.95 Å². The van der Waals surface area contributed by atoms with Crippen LogP contribution in [0.15, 0.2) is 54.6 Å². The minimum Gasteiger partial charge on any atom is -0.497 e. The molecule has 1 aliphatic rings. The predicted molar refractivity (Wildman–Crippen MR) is 130 cm³/mol. The summed E-state index contributed by atoms with van der Waals surface area (Å²) in [6, 6.07) is 17.4. The van der Waals surface area contributed by atoms with Crippen LogP contribution in [0.1, 0.15) is 39.8 Å². The number of carbonyl (C=O) groups is 2. The van der Waals surface area contributed by atoms with Crippen LogP contribution in [0.2, 0.25) is 0 Å². The summed E-state index contributed by atoms with van der Waals surface area (Å²) in [6.45, 7) is 3.77. The number of hydrogen-bond donors (Lipinski definition) is 1. The molecule has 1 fully saturated rings. The molecule has 0 radical (unpaired) electrons. The summed E-state index contributed by atoms with van der Waals surface area (Å²) in [5.74, 6) is 1.05. The number of carbonyl (C=O) groups excluding carboxylic acids is 2. The fourth-order valence-corrected chi connectivity index (χ4v) is 4.18. The largest absolute Gasteiger partial charge is 0.497 e. The van der Waals surface area contributed by atoms with Crippen LogP contribution < -0.4 is 10.5 Å². The number of methoxy groups -OCH3 is 1. The molecule has 2 amide bonds. The lowest BCUT2D eigenvalue weighted by molar-refractivity contribution is -0.130. The lowest BCUT2D eigenvalue weighted by Crippen LogP contribution is -2.50. The number of ether oxygens (including phenoxy) is 1. The lowest BCUT2D eigenvalue weighted by Gasteiger charge is -2.34. The van der Waals surface area contributed by atoms with Gasteiger partial charge in [0.25, 0.3) is 5.91 Å². The van der Waals surface area contributed by atoms with Crippen LogP contribution in [0.25, 0.3) is 0 Å². The second-order valence-corrected chi connectivity index (χ2v) is 8.41. The summed E-state index contributed by atoms with van der Waals surface area (Å²) in [7, 11) is 1.64. The summed E-state index contributed by atoms with van der Waals surface area (Å²) in [5, 5.41) is 0. The van der Waals surface area contributed by atoms with Crippen molar-refractivity contribution < 1.29 is 14.3 Å². The molecule has 4 rings (SSSR count). The first kappa shape index (κ1) is 23.2. The summed E-state index contributed by atoms with van der Waals surface area (Å²) < 4.78 is 5.30. The lowest BCUT2D eigenvalue weighted by atomic mass is 10.0. The molecule has 2 aromatic carbocycles. The number of benzene rings is 2. The van der Waals surface area contributed by atoms with Gasteiger partial charge in [-0.2, -0.15) is 0 Å². The second-order valence-electron chi connectivity index (χ2n) is 8.41. The zero-order valence-electron chi connectivity index (χ0n) is 19.5. The molecule has 0 atom stereocenters. The molecular weight excluding hydrogens is 430 g/mol. The van der Waals surface area contributed by atoms with Crippen LogP contribution in [0, 0.1) is 0 Å². The molecular formula is C26H29N5O3. The van der Waals surface area contributed by atoms with Gasteiger partial charge in [0.05, 0.1) is 18.5 Å². The van der Waals surface area contributed by atoms with Crippen molar-refractivity contribution >= 4 is 17.8 Å².